The topological polar surface area (TPSA) is 46.2 Å². The number of rotatable bonds is 6. The third-order valence-corrected chi connectivity index (χ3v) is 4.77. The van der Waals surface area contributed by atoms with Crippen molar-refractivity contribution in [1.29, 1.82) is 0 Å². The molecule has 1 amide bonds. The van der Waals surface area contributed by atoms with Crippen molar-refractivity contribution in [3.8, 4) is 0 Å². The van der Waals surface area contributed by atoms with Gasteiger partial charge in [0, 0.05) is 29.0 Å². The van der Waals surface area contributed by atoms with E-state index < -0.39 is 0 Å². The molecule has 2 aromatic carbocycles. The molecule has 0 saturated heterocycles. The van der Waals surface area contributed by atoms with Gasteiger partial charge >= 0.3 is 0 Å². The summed E-state index contributed by atoms with van der Waals surface area (Å²) in [6, 6.07) is 15.3. The van der Waals surface area contributed by atoms with Crippen molar-refractivity contribution in [2.75, 3.05) is 11.6 Å². The summed E-state index contributed by atoms with van der Waals surface area (Å²) >= 11 is 1.64. The minimum atomic E-state index is -0.141. The molecule has 0 saturated carbocycles. The smallest absolute Gasteiger partial charge is 0.224 e. The Morgan fingerprint density at radius 2 is 1.52 bits per heavy atom. The predicted molar refractivity (Wildman–Crippen MR) is 106 cm³/mol. The SMILES string of the molecule is CSc1ccc(C(=O)CCC(=O)Nc2ccc(C(C)(C)C)cc2)cc1. The molecule has 0 aliphatic heterocycles. The zero-order valence-electron chi connectivity index (χ0n) is 15.3. The second-order valence-electron chi connectivity index (χ2n) is 7.03. The summed E-state index contributed by atoms with van der Waals surface area (Å²) in [5, 5.41) is 2.85. The number of ketones is 1. The molecule has 3 nitrogen and oxygen atoms in total. The predicted octanol–water partition coefficient (Wildman–Crippen LogP) is 5.31. The van der Waals surface area contributed by atoms with Crippen LogP contribution in [0.1, 0.15) is 49.5 Å². The number of carbonyl (C=O) groups is 2. The average molecular weight is 356 g/mol. The Labute approximate surface area is 154 Å². The fourth-order valence-corrected chi connectivity index (χ4v) is 2.83. The fraction of sp³-hybridized carbons (Fsp3) is 0.333. The molecular formula is C21H25NO2S. The maximum atomic E-state index is 12.2. The van der Waals surface area contributed by atoms with Gasteiger partial charge < -0.3 is 5.32 Å². The lowest BCUT2D eigenvalue weighted by Gasteiger charge is -2.19. The van der Waals surface area contributed by atoms with Gasteiger partial charge in [-0.3, -0.25) is 9.59 Å². The van der Waals surface area contributed by atoms with Crippen molar-refractivity contribution in [1.82, 2.24) is 0 Å². The summed E-state index contributed by atoms with van der Waals surface area (Å²) < 4.78 is 0. The first-order valence-electron chi connectivity index (χ1n) is 8.37. The van der Waals surface area contributed by atoms with E-state index in [0.717, 1.165) is 10.6 Å². The van der Waals surface area contributed by atoms with E-state index in [-0.39, 0.29) is 29.9 Å². The van der Waals surface area contributed by atoms with Crippen LogP contribution in [0.2, 0.25) is 0 Å². The van der Waals surface area contributed by atoms with Gasteiger partial charge in [-0.1, -0.05) is 45.0 Å². The van der Waals surface area contributed by atoms with Crippen LogP contribution in [0.25, 0.3) is 0 Å². The van der Waals surface area contributed by atoms with Crippen LogP contribution in [0.15, 0.2) is 53.4 Å². The molecule has 2 rings (SSSR count). The van der Waals surface area contributed by atoms with Gasteiger partial charge in [0.15, 0.2) is 5.78 Å². The molecule has 4 heteroatoms. The van der Waals surface area contributed by atoms with E-state index in [2.05, 4.69) is 26.1 Å². The number of benzene rings is 2. The molecule has 0 heterocycles. The van der Waals surface area contributed by atoms with Gasteiger partial charge in [0.2, 0.25) is 5.91 Å². The van der Waals surface area contributed by atoms with Crippen LogP contribution >= 0.6 is 11.8 Å². The van der Waals surface area contributed by atoms with Gasteiger partial charge in [0.25, 0.3) is 0 Å². The van der Waals surface area contributed by atoms with Gasteiger partial charge in [-0.15, -0.1) is 11.8 Å². The molecule has 1 N–H and O–H groups in total. The number of carbonyl (C=O) groups excluding carboxylic acids is 2. The molecule has 0 fully saturated rings. The van der Waals surface area contributed by atoms with Crippen LogP contribution in [0.5, 0.6) is 0 Å². The summed E-state index contributed by atoms with van der Waals surface area (Å²) in [7, 11) is 0. The lowest BCUT2D eigenvalue weighted by atomic mass is 9.87. The quantitative estimate of drug-likeness (QED) is 0.564. The van der Waals surface area contributed by atoms with Crippen molar-refractivity contribution < 1.29 is 9.59 Å². The number of nitrogens with one attached hydrogen (secondary N) is 1. The van der Waals surface area contributed by atoms with Crippen molar-refractivity contribution in [3.05, 3.63) is 59.7 Å². The first-order chi connectivity index (χ1) is 11.8. The third kappa shape index (κ3) is 5.75. The molecule has 0 unspecified atom stereocenters. The second-order valence-corrected chi connectivity index (χ2v) is 7.91. The van der Waals surface area contributed by atoms with E-state index in [0.29, 0.717) is 5.56 Å². The zero-order chi connectivity index (χ0) is 18.4. The van der Waals surface area contributed by atoms with Crippen LogP contribution in [0.4, 0.5) is 5.69 Å². The number of thioether (sulfide) groups is 1. The van der Waals surface area contributed by atoms with Crippen LogP contribution in [0.3, 0.4) is 0 Å². The molecular weight excluding hydrogens is 330 g/mol. The van der Waals surface area contributed by atoms with E-state index in [1.807, 2.05) is 54.8 Å². The minimum absolute atomic E-state index is 0.00844. The summed E-state index contributed by atoms with van der Waals surface area (Å²) in [6.45, 7) is 6.45. The Morgan fingerprint density at radius 1 is 0.920 bits per heavy atom. The summed E-state index contributed by atoms with van der Waals surface area (Å²) in [6.07, 6.45) is 2.39. The average Bonchev–Trinajstić information content (AvgIpc) is 2.59. The van der Waals surface area contributed by atoms with Crippen molar-refractivity contribution in [2.24, 2.45) is 0 Å². The van der Waals surface area contributed by atoms with E-state index in [1.165, 1.54) is 5.56 Å². The fourth-order valence-electron chi connectivity index (χ4n) is 2.43. The summed E-state index contributed by atoms with van der Waals surface area (Å²) in [4.78, 5) is 25.4. The largest absolute Gasteiger partial charge is 0.326 e. The Balaban J connectivity index is 1.86. The highest BCUT2D eigenvalue weighted by Crippen LogP contribution is 2.23. The van der Waals surface area contributed by atoms with Crippen LogP contribution in [-0.4, -0.2) is 17.9 Å². The number of Topliss-reactive ketones (excluding diaryl/α,β-unsaturated/α-hetero) is 1. The van der Waals surface area contributed by atoms with E-state index in [9.17, 15) is 9.59 Å². The lowest BCUT2D eigenvalue weighted by Crippen LogP contribution is -2.14. The van der Waals surface area contributed by atoms with Gasteiger partial charge in [-0.05, 0) is 41.5 Å². The van der Waals surface area contributed by atoms with Gasteiger partial charge in [0.1, 0.15) is 0 Å². The number of hydrogen-bond donors (Lipinski definition) is 1. The van der Waals surface area contributed by atoms with E-state index in [4.69, 9.17) is 0 Å². The molecule has 0 aliphatic rings. The molecule has 25 heavy (non-hydrogen) atoms. The molecule has 0 spiro atoms. The Hall–Kier alpha value is -2.07. The third-order valence-electron chi connectivity index (χ3n) is 4.03. The maximum absolute atomic E-state index is 12.2. The van der Waals surface area contributed by atoms with Crippen LogP contribution in [-0.2, 0) is 10.2 Å². The second kappa shape index (κ2) is 8.34. The monoisotopic (exact) mass is 355 g/mol. The highest BCUT2D eigenvalue weighted by Gasteiger charge is 2.14. The number of hydrogen-bond acceptors (Lipinski definition) is 3. The Kier molecular flexibility index (Phi) is 6.43. The highest BCUT2D eigenvalue weighted by atomic mass is 32.2. The minimum Gasteiger partial charge on any atom is -0.326 e. The van der Waals surface area contributed by atoms with Crippen LogP contribution in [0, 0.1) is 0 Å². The first kappa shape index (κ1) is 19.3. The Morgan fingerprint density at radius 3 is 2.04 bits per heavy atom. The molecule has 0 atom stereocenters. The standard InChI is InChI=1S/C21H25NO2S/c1-21(2,3)16-7-9-17(10-8-16)22-20(24)14-13-19(23)15-5-11-18(25-4)12-6-15/h5-12H,13-14H2,1-4H3,(H,22,24). The van der Waals surface area contributed by atoms with Crippen molar-refractivity contribution in [2.45, 2.75) is 43.9 Å². The Bertz CT molecular complexity index is 728. The molecule has 0 aromatic heterocycles. The van der Waals surface area contributed by atoms with Gasteiger partial charge in [-0.25, -0.2) is 0 Å². The molecule has 2 aromatic rings. The molecule has 132 valence electrons. The molecule has 0 radical (unpaired) electrons. The number of anilines is 1. The summed E-state index contributed by atoms with van der Waals surface area (Å²) in [5.74, 6) is -0.150. The normalized spacial score (nSPS) is 11.2. The first-order valence-corrected chi connectivity index (χ1v) is 9.60. The lowest BCUT2D eigenvalue weighted by molar-refractivity contribution is -0.116. The molecule has 0 aliphatic carbocycles. The van der Waals surface area contributed by atoms with E-state index >= 15 is 0 Å². The highest BCUT2D eigenvalue weighted by molar-refractivity contribution is 7.98. The van der Waals surface area contributed by atoms with Gasteiger partial charge in [-0.2, -0.15) is 0 Å². The van der Waals surface area contributed by atoms with Crippen LogP contribution < -0.4 is 5.32 Å². The molecule has 0 bridgehead atoms. The van der Waals surface area contributed by atoms with Crippen molar-refractivity contribution in [3.63, 3.8) is 0 Å². The van der Waals surface area contributed by atoms with Crippen molar-refractivity contribution >= 4 is 29.1 Å². The van der Waals surface area contributed by atoms with E-state index in [1.54, 1.807) is 11.8 Å². The summed E-state index contributed by atoms with van der Waals surface area (Å²) in [5.41, 5.74) is 2.71. The number of amides is 1. The maximum Gasteiger partial charge on any atom is 0.224 e. The zero-order valence-corrected chi connectivity index (χ0v) is 16.1. The van der Waals surface area contributed by atoms with Gasteiger partial charge in [0.05, 0.1) is 0 Å².